The largest absolute Gasteiger partial charge is 0.367 e. The lowest BCUT2D eigenvalue weighted by molar-refractivity contribution is -0.383. The van der Waals surface area contributed by atoms with Crippen molar-refractivity contribution in [1.29, 1.82) is 0 Å². The summed E-state index contributed by atoms with van der Waals surface area (Å²) in [7, 11) is -1.35. The lowest BCUT2D eigenvalue weighted by Gasteiger charge is -2.29. The van der Waals surface area contributed by atoms with Crippen molar-refractivity contribution in [1.82, 2.24) is 4.98 Å². The molecule has 3 rings (SSSR count). The lowest BCUT2D eigenvalue weighted by Crippen LogP contribution is -2.22. The smallest absolute Gasteiger partial charge is 0.295 e. The second kappa shape index (κ2) is 7.20. The third-order valence-corrected chi connectivity index (χ3v) is 6.00. The van der Waals surface area contributed by atoms with Crippen molar-refractivity contribution in [2.45, 2.75) is 24.8 Å². The maximum Gasteiger partial charge on any atom is 0.295 e. The molecule has 1 aromatic heterocycles. The third-order valence-electron chi connectivity index (χ3n) is 4.87. The Hall–Kier alpha value is -3.00. The molecule has 0 bridgehead atoms. The maximum absolute atomic E-state index is 11.7. The number of sulfone groups is 1. The number of nitrogens with zero attached hydrogens (tertiary/aromatic N) is 3. The first-order valence-electron chi connectivity index (χ1n) is 8.67. The fourth-order valence-corrected chi connectivity index (χ4v) is 3.84. The molecule has 146 valence electrons. The molecular weight excluding hydrogens is 378 g/mol. The van der Waals surface area contributed by atoms with Crippen LogP contribution in [0.25, 0.3) is 10.9 Å². The third kappa shape index (κ3) is 3.68. The van der Waals surface area contributed by atoms with Gasteiger partial charge >= 0.3 is 0 Å². The van der Waals surface area contributed by atoms with Crippen LogP contribution in [0.2, 0.25) is 0 Å². The van der Waals surface area contributed by atoms with Gasteiger partial charge in [0.1, 0.15) is 0 Å². The number of anilines is 1. The van der Waals surface area contributed by atoms with Crippen LogP contribution in [0.3, 0.4) is 0 Å². The van der Waals surface area contributed by atoms with E-state index in [9.17, 15) is 18.5 Å². The van der Waals surface area contributed by atoms with Crippen molar-refractivity contribution < 1.29 is 13.3 Å². The lowest BCUT2D eigenvalue weighted by atomic mass is 10.0. The molecule has 2 aromatic carbocycles. The summed E-state index contributed by atoms with van der Waals surface area (Å²) in [5.41, 5.74) is 2.77. The van der Waals surface area contributed by atoms with Crippen LogP contribution >= 0.6 is 0 Å². The van der Waals surface area contributed by atoms with Crippen molar-refractivity contribution in [2.75, 3.05) is 18.2 Å². The van der Waals surface area contributed by atoms with Gasteiger partial charge in [-0.3, -0.25) is 10.1 Å². The minimum absolute atomic E-state index is 0.0268. The number of nitro groups is 1. The zero-order chi connectivity index (χ0) is 20.6. The number of non-ortho nitro benzene ring substituents is 1. The molecule has 1 unspecified atom stereocenters. The standard InChI is InChI=1S/C20H21N3O4S/c1-13-12-19(17-6-5-7-18(23(24)25)20(17)21-13)22(3)14(2)15-8-10-16(11-9-15)28(4,26)27/h5-12,14H,1-4H3. The van der Waals surface area contributed by atoms with Gasteiger partial charge < -0.3 is 4.90 Å². The maximum atomic E-state index is 11.7. The van der Waals surface area contributed by atoms with E-state index in [-0.39, 0.29) is 16.6 Å². The average Bonchev–Trinajstić information content (AvgIpc) is 2.65. The van der Waals surface area contributed by atoms with Gasteiger partial charge in [0.15, 0.2) is 15.4 Å². The number of aryl methyl sites for hydroxylation is 1. The normalized spacial score (nSPS) is 12.7. The molecule has 1 heterocycles. The Morgan fingerprint density at radius 1 is 1.14 bits per heavy atom. The molecule has 0 aliphatic heterocycles. The van der Waals surface area contributed by atoms with Crippen molar-refractivity contribution in [3.05, 3.63) is 69.9 Å². The van der Waals surface area contributed by atoms with Crippen molar-refractivity contribution in [3.8, 4) is 0 Å². The van der Waals surface area contributed by atoms with E-state index < -0.39 is 14.8 Å². The number of hydrogen-bond donors (Lipinski definition) is 0. The molecule has 1 atom stereocenters. The predicted molar refractivity (Wildman–Crippen MR) is 110 cm³/mol. The zero-order valence-electron chi connectivity index (χ0n) is 16.1. The van der Waals surface area contributed by atoms with Crippen molar-refractivity contribution in [2.24, 2.45) is 0 Å². The molecule has 0 fully saturated rings. The van der Waals surface area contributed by atoms with E-state index in [1.807, 2.05) is 31.0 Å². The first kappa shape index (κ1) is 19.8. The van der Waals surface area contributed by atoms with Gasteiger partial charge in [-0.2, -0.15) is 0 Å². The van der Waals surface area contributed by atoms with Gasteiger partial charge in [0, 0.05) is 36.1 Å². The molecule has 3 aromatic rings. The summed E-state index contributed by atoms with van der Waals surface area (Å²) in [6, 6.07) is 13.5. The van der Waals surface area contributed by atoms with Crippen molar-refractivity contribution >= 4 is 32.1 Å². The van der Waals surface area contributed by atoms with Gasteiger partial charge in [0.2, 0.25) is 0 Å². The molecule has 28 heavy (non-hydrogen) atoms. The van der Waals surface area contributed by atoms with E-state index in [4.69, 9.17) is 0 Å². The van der Waals surface area contributed by atoms with Crippen LogP contribution < -0.4 is 4.90 Å². The molecule has 0 saturated heterocycles. The summed E-state index contributed by atoms with van der Waals surface area (Å²) in [5, 5.41) is 12.1. The summed E-state index contributed by atoms with van der Waals surface area (Å²) >= 11 is 0. The second-order valence-corrected chi connectivity index (χ2v) is 8.86. The minimum Gasteiger partial charge on any atom is -0.367 e. The molecule has 0 N–H and O–H groups in total. The van der Waals surface area contributed by atoms with E-state index in [0.29, 0.717) is 16.6 Å². The monoisotopic (exact) mass is 399 g/mol. The summed E-state index contributed by atoms with van der Waals surface area (Å²) in [4.78, 5) is 17.6. The summed E-state index contributed by atoms with van der Waals surface area (Å²) < 4.78 is 23.3. The quantitative estimate of drug-likeness (QED) is 0.474. The molecule has 7 nitrogen and oxygen atoms in total. The Bertz CT molecular complexity index is 1160. The Labute approximate surface area is 163 Å². The Morgan fingerprint density at radius 3 is 2.36 bits per heavy atom. The number of fused-ring (bicyclic) bond motifs is 1. The van der Waals surface area contributed by atoms with E-state index in [1.165, 1.54) is 12.3 Å². The first-order valence-corrected chi connectivity index (χ1v) is 10.6. The molecule has 0 radical (unpaired) electrons. The van der Waals surface area contributed by atoms with E-state index in [2.05, 4.69) is 4.98 Å². The number of nitro benzene ring substituents is 1. The van der Waals surface area contributed by atoms with Crippen LogP contribution in [0.15, 0.2) is 53.4 Å². The van der Waals surface area contributed by atoms with Gasteiger partial charge in [0.25, 0.3) is 5.69 Å². The van der Waals surface area contributed by atoms with Gasteiger partial charge in [-0.15, -0.1) is 0 Å². The number of aromatic nitrogens is 1. The van der Waals surface area contributed by atoms with Crippen LogP contribution in [-0.2, 0) is 9.84 Å². The van der Waals surface area contributed by atoms with Crippen LogP contribution in [-0.4, -0.2) is 31.6 Å². The van der Waals surface area contributed by atoms with E-state index in [0.717, 1.165) is 11.3 Å². The van der Waals surface area contributed by atoms with Gasteiger partial charge in [-0.25, -0.2) is 13.4 Å². The highest BCUT2D eigenvalue weighted by molar-refractivity contribution is 7.90. The number of hydrogen-bond acceptors (Lipinski definition) is 6. The first-order chi connectivity index (χ1) is 13.1. The van der Waals surface area contributed by atoms with Crippen LogP contribution in [0.4, 0.5) is 11.4 Å². The topological polar surface area (TPSA) is 93.4 Å². The van der Waals surface area contributed by atoms with Gasteiger partial charge in [0.05, 0.1) is 15.9 Å². The number of pyridine rings is 1. The van der Waals surface area contributed by atoms with Gasteiger partial charge in [-0.05, 0) is 37.6 Å². The predicted octanol–water partition coefficient (Wildman–Crippen LogP) is 4.05. The molecule has 0 aliphatic rings. The fourth-order valence-electron chi connectivity index (χ4n) is 3.20. The summed E-state index contributed by atoms with van der Waals surface area (Å²) in [6.07, 6.45) is 1.18. The van der Waals surface area contributed by atoms with Crippen LogP contribution in [0.5, 0.6) is 0 Å². The SMILES string of the molecule is Cc1cc(N(C)C(C)c2ccc(S(C)(=O)=O)cc2)c2cccc([N+](=O)[O-])c2n1. The number of benzene rings is 2. The number of rotatable bonds is 5. The Kier molecular flexibility index (Phi) is 5.08. The molecule has 0 spiro atoms. The minimum atomic E-state index is -3.25. The number of para-hydroxylation sites is 1. The second-order valence-electron chi connectivity index (χ2n) is 6.84. The molecule has 8 heteroatoms. The highest BCUT2D eigenvalue weighted by Crippen LogP contribution is 2.35. The zero-order valence-corrected chi connectivity index (χ0v) is 16.9. The molecule has 0 amide bonds. The van der Waals surface area contributed by atoms with E-state index in [1.54, 1.807) is 37.3 Å². The average molecular weight is 399 g/mol. The Morgan fingerprint density at radius 2 is 1.79 bits per heavy atom. The summed E-state index contributed by atoms with van der Waals surface area (Å²) in [5.74, 6) is 0. The van der Waals surface area contributed by atoms with Crippen LogP contribution in [0, 0.1) is 17.0 Å². The Balaban J connectivity index is 2.07. The van der Waals surface area contributed by atoms with Gasteiger partial charge in [-0.1, -0.05) is 24.3 Å². The summed E-state index contributed by atoms with van der Waals surface area (Å²) in [6.45, 7) is 3.80. The molecular formula is C20H21N3O4S. The highest BCUT2D eigenvalue weighted by Gasteiger charge is 2.20. The van der Waals surface area contributed by atoms with Crippen LogP contribution in [0.1, 0.15) is 24.2 Å². The highest BCUT2D eigenvalue weighted by atomic mass is 32.2. The van der Waals surface area contributed by atoms with E-state index >= 15 is 0 Å². The molecule has 0 aliphatic carbocycles. The fraction of sp³-hybridized carbons (Fsp3) is 0.250. The van der Waals surface area contributed by atoms with Crippen molar-refractivity contribution in [3.63, 3.8) is 0 Å². The molecule has 0 saturated carbocycles.